The maximum absolute atomic E-state index is 10.5. The summed E-state index contributed by atoms with van der Waals surface area (Å²) in [5.41, 5.74) is 10.3. The topological polar surface area (TPSA) is 134 Å². The molecule has 0 aromatic heterocycles. The predicted molar refractivity (Wildman–Crippen MR) is 103 cm³/mol. The Morgan fingerprint density at radius 2 is 0.786 bits per heavy atom. The summed E-state index contributed by atoms with van der Waals surface area (Å²) in [7, 11) is 0. The van der Waals surface area contributed by atoms with Crippen LogP contribution in [0, 0.1) is 0 Å². The standard InChI is InChI=1S/C18H38N2O8/c19-3-5-23-7-9-25-11-13-27-15-17-28-16-14-26-12-10-24-8-6-22-4-1-2-18(20)21/h1-17,19H2,(H2,20,21). The third-order valence-electron chi connectivity index (χ3n) is 3.21. The van der Waals surface area contributed by atoms with Gasteiger partial charge in [-0.2, -0.15) is 0 Å². The van der Waals surface area contributed by atoms with Crippen molar-refractivity contribution in [3.63, 3.8) is 0 Å². The van der Waals surface area contributed by atoms with Crippen LogP contribution in [0.2, 0.25) is 0 Å². The smallest absolute Gasteiger partial charge is 0.217 e. The molecule has 0 aliphatic carbocycles. The van der Waals surface area contributed by atoms with Gasteiger partial charge in [-0.25, -0.2) is 0 Å². The molecule has 168 valence electrons. The molecule has 0 aliphatic heterocycles. The molecule has 28 heavy (non-hydrogen) atoms. The monoisotopic (exact) mass is 410 g/mol. The Bertz CT molecular complexity index is 324. The van der Waals surface area contributed by atoms with Crippen LogP contribution in [0.5, 0.6) is 0 Å². The van der Waals surface area contributed by atoms with Gasteiger partial charge in [-0.3, -0.25) is 4.79 Å². The highest BCUT2D eigenvalue weighted by Crippen LogP contribution is 1.89. The van der Waals surface area contributed by atoms with Crippen LogP contribution < -0.4 is 11.5 Å². The van der Waals surface area contributed by atoms with Gasteiger partial charge >= 0.3 is 0 Å². The Morgan fingerprint density at radius 3 is 1.07 bits per heavy atom. The number of nitrogens with two attached hydrogens (primary N) is 2. The first-order valence-electron chi connectivity index (χ1n) is 9.80. The summed E-state index contributed by atoms with van der Waals surface area (Å²) in [5, 5.41) is 0. The second-order valence-corrected chi connectivity index (χ2v) is 5.65. The molecule has 0 unspecified atom stereocenters. The van der Waals surface area contributed by atoms with Crippen LogP contribution in [0.15, 0.2) is 0 Å². The van der Waals surface area contributed by atoms with Gasteiger partial charge in [0.1, 0.15) is 0 Å². The van der Waals surface area contributed by atoms with Crippen molar-refractivity contribution in [2.45, 2.75) is 12.8 Å². The zero-order chi connectivity index (χ0) is 20.5. The van der Waals surface area contributed by atoms with Gasteiger partial charge in [-0.15, -0.1) is 0 Å². The summed E-state index contributed by atoms with van der Waals surface area (Å²) < 4.78 is 37.3. The lowest BCUT2D eigenvalue weighted by Crippen LogP contribution is -2.15. The maximum Gasteiger partial charge on any atom is 0.217 e. The highest BCUT2D eigenvalue weighted by Gasteiger charge is 1.96. The van der Waals surface area contributed by atoms with Crippen LogP contribution in [-0.4, -0.2) is 105 Å². The lowest BCUT2D eigenvalue weighted by Gasteiger charge is -2.08. The normalized spacial score (nSPS) is 11.2. The number of amides is 1. The zero-order valence-corrected chi connectivity index (χ0v) is 16.9. The van der Waals surface area contributed by atoms with E-state index in [1.807, 2.05) is 0 Å². The van der Waals surface area contributed by atoms with Crippen molar-refractivity contribution in [2.24, 2.45) is 11.5 Å². The predicted octanol–water partition coefficient (Wildman–Crippen LogP) is -0.673. The van der Waals surface area contributed by atoms with E-state index in [0.29, 0.717) is 112 Å². The largest absolute Gasteiger partial charge is 0.379 e. The van der Waals surface area contributed by atoms with E-state index in [1.165, 1.54) is 0 Å². The first-order chi connectivity index (χ1) is 13.8. The second kappa shape index (κ2) is 24.2. The Kier molecular flexibility index (Phi) is 23.5. The van der Waals surface area contributed by atoms with E-state index < -0.39 is 0 Å². The maximum atomic E-state index is 10.5. The van der Waals surface area contributed by atoms with Gasteiger partial charge in [0, 0.05) is 19.6 Å². The number of hydrogen-bond donors (Lipinski definition) is 2. The van der Waals surface area contributed by atoms with E-state index in [4.69, 9.17) is 44.6 Å². The first kappa shape index (κ1) is 27.1. The number of ether oxygens (including phenoxy) is 7. The molecule has 0 saturated carbocycles. The Labute approximate surface area is 168 Å². The molecule has 0 rings (SSSR count). The van der Waals surface area contributed by atoms with Gasteiger partial charge in [0.25, 0.3) is 0 Å². The van der Waals surface area contributed by atoms with E-state index in [0.717, 1.165) is 0 Å². The molecule has 10 nitrogen and oxygen atoms in total. The summed E-state index contributed by atoms with van der Waals surface area (Å²) >= 11 is 0. The van der Waals surface area contributed by atoms with Crippen LogP contribution >= 0.6 is 0 Å². The van der Waals surface area contributed by atoms with Gasteiger partial charge in [0.2, 0.25) is 5.91 Å². The minimum absolute atomic E-state index is 0.306. The number of hydrogen-bond acceptors (Lipinski definition) is 9. The molecule has 0 radical (unpaired) electrons. The molecule has 0 saturated heterocycles. The van der Waals surface area contributed by atoms with Crippen LogP contribution in [0.3, 0.4) is 0 Å². The van der Waals surface area contributed by atoms with Crippen molar-refractivity contribution in [1.29, 1.82) is 0 Å². The number of rotatable bonds is 24. The third-order valence-corrected chi connectivity index (χ3v) is 3.21. The molecule has 4 N–H and O–H groups in total. The minimum atomic E-state index is -0.306. The molecule has 10 heteroatoms. The summed E-state index contributed by atoms with van der Waals surface area (Å²) in [6, 6.07) is 0. The third kappa shape index (κ3) is 25.1. The minimum Gasteiger partial charge on any atom is -0.379 e. The van der Waals surface area contributed by atoms with Crippen LogP contribution in [0.4, 0.5) is 0 Å². The van der Waals surface area contributed by atoms with Gasteiger partial charge in [-0.1, -0.05) is 0 Å². The van der Waals surface area contributed by atoms with Crippen LogP contribution in [0.25, 0.3) is 0 Å². The van der Waals surface area contributed by atoms with Crippen molar-refractivity contribution < 1.29 is 38.0 Å². The molecule has 0 heterocycles. The molecular weight excluding hydrogens is 372 g/mol. The van der Waals surface area contributed by atoms with Gasteiger partial charge in [0.05, 0.1) is 85.9 Å². The van der Waals surface area contributed by atoms with E-state index in [1.54, 1.807) is 0 Å². The molecule has 0 aromatic carbocycles. The summed E-state index contributed by atoms with van der Waals surface area (Å²) in [4.78, 5) is 10.5. The number of carbonyl (C=O) groups excluding carboxylic acids is 1. The van der Waals surface area contributed by atoms with E-state index in [-0.39, 0.29) is 5.91 Å². The van der Waals surface area contributed by atoms with Crippen molar-refractivity contribution in [3.8, 4) is 0 Å². The molecule has 1 amide bonds. The lowest BCUT2D eigenvalue weighted by molar-refractivity contribution is -0.118. The molecule has 0 atom stereocenters. The Hall–Kier alpha value is -0.850. The highest BCUT2D eigenvalue weighted by atomic mass is 16.6. The van der Waals surface area contributed by atoms with E-state index in [2.05, 4.69) is 0 Å². The molecule has 0 spiro atoms. The van der Waals surface area contributed by atoms with Crippen LogP contribution in [0.1, 0.15) is 12.8 Å². The molecule has 0 bridgehead atoms. The van der Waals surface area contributed by atoms with Crippen molar-refractivity contribution in [1.82, 2.24) is 0 Å². The summed E-state index contributed by atoms with van der Waals surface area (Å²) in [6.07, 6.45) is 0.991. The fourth-order valence-electron chi connectivity index (χ4n) is 1.85. The molecular formula is C18H38N2O8. The number of primary amides is 1. The van der Waals surface area contributed by atoms with Crippen molar-refractivity contribution in [2.75, 3.05) is 99.0 Å². The first-order valence-corrected chi connectivity index (χ1v) is 9.80. The van der Waals surface area contributed by atoms with Gasteiger partial charge < -0.3 is 44.6 Å². The second-order valence-electron chi connectivity index (χ2n) is 5.65. The molecule has 0 aromatic rings. The van der Waals surface area contributed by atoms with E-state index in [9.17, 15) is 4.79 Å². The summed E-state index contributed by atoms with van der Waals surface area (Å²) in [6.45, 7) is 7.84. The van der Waals surface area contributed by atoms with Crippen LogP contribution in [-0.2, 0) is 38.0 Å². The fourth-order valence-corrected chi connectivity index (χ4v) is 1.85. The van der Waals surface area contributed by atoms with Crippen molar-refractivity contribution >= 4 is 5.91 Å². The highest BCUT2D eigenvalue weighted by molar-refractivity contribution is 5.73. The Balaban J connectivity index is 2.99. The average Bonchev–Trinajstić information content (AvgIpc) is 2.68. The summed E-state index contributed by atoms with van der Waals surface area (Å²) in [5.74, 6) is -0.306. The Morgan fingerprint density at radius 1 is 0.500 bits per heavy atom. The number of carbonyl (C=O) groups is 1. The molecule has 0 fully saturated rings. The molecule has 0 aliphatic rings. The van der Waals surface area contributed by atoms with Crippen molar-refractivity contribution in [3.05, 3.63) is 0 Å². The van der Waals surface area contributed by atoms with E-state index >= 15 is 0 Å². The fraction of sp³-hybridized carbons (Fsp3) is 0.944. The van der Waals surface area contributed by atoms with Gasteiger partial charge in [-0.05, 0) is 6.42 Å². The quantitative estimate of drug-likeness (QED) is 0.199. The zero-order valence-electron chi connectivity index (χ0n) is 16.9. The lowest BCUT2D eigenvalue weighted by atomic mass is 10.3. The van der Waals surface area contributed by atoms with Gasteiger partial charge in [0.15, 0.2) is 0 Å². The average molecular weight is 411 g/mol. The SMILES string of the molecule is NCCOCCOCCOCCOCCOCCOCCOCCCC(N)=O.